The number of rotatable bonds is 5. The van der Waals surface area contributed by atoms with Gasteiger partial charge < -0.3 is 10.6 Å². The highest BCUT2D eigenvalue weighted by Crippen LogP contribution is 2.17. The van der Waals surface area contributed by atoms with E-state index in [2.05, 4.69) is 33.2 Å². The lowest BCUT2D eigenvalue weighted by Crippen LogP contribution is -2.30. The van der Waals surface area contributed by atoms with E-state index in [4.69, 9.17) is 0 Å². The van der Waals surface area contributed by atoms with Crippen LogP contribution >= 0.6 is 22.6 Å². The monoisotopic (exact) mass is 332 g/mol. The third-order valence-electron chi connectivity index (χ3n) is 2.19. The van der Waals surface area contributed by atoms with E-state index in [0.717, 1.165) is 15.8 Å². The Hall–Kier alpha value is -0.620. The minimum Gasteiger partial charge on any atom is -0.325 e. The zero-order valence-electron chi connectivity index (χ0n) is 9.59. The molecule has 0 fully saturated rings. The summed E-state index contributed by atoms with van der Waals surface area (Å²) in [4.78, 5) is 11.7. The topological polar surface area (TPSA) is 41.1 Å². The molecular formula is C12H17IN2O. The molecular weight excluding hydrogens is 315 g/mol. The molecule has 0 aromatic heterocycles. The molecule has 0 bridgehead atoms. The van der Waals surface area contributed by atoms with Crippen LogP contribution in [0.2, 0.25) is 0 Å². The van der Waals surface area contributed by atoms with Crippen LogP contribution in [0.25, 0.3) is 0 Å². The molecule has 1 rings (SSSR count). The predicted octanol–water partition coefficient (Wildman–Crippen LogP) is 2.62. The Morgan fingerprint density at radius 2 is 2.12 bits per heavy atom. The SMILES string of the molecule is CCNC(C)CC(=O)Nc1ccccc1I. The summed E-state index contributed by atoms with van der Waals surface area (Å²) < 4.78 is 1.06. The fourth-order valence-electron chi connectivity index (χ4n) is 1.46. The van der Waals surface area contributed by atoms with Crippen molar-refractivity contribution < 1.29 is 4.79 Å². The lowest BCUT2D eigenvalue weighted by atomic mass is 10.2. The highest BCUT2D eigenvalue weighted by molar-refractivity contribution is 14.1. The number of nitrogens with one attached hydrogen (secondary N) is 2. The van der Waals surface area contributed by atoms with E-state index in [9.17, 15) is 4.79 Å². The average molecular weight is 332 g/mol. The minimum absolute atomic E-state index is 0.0533. The van der Waals surface area contributed by atoms with Crippen molar-refractivity contribution in [2.24, 2.45) is 0 Å². The Bertz CT molecular complexity index is 355. The molecule has 0 spiro atoms. The normalized spacial score (nSPS) is 12.2. The maximum absolute atomic E-state index is 11.7. The van der Waals surface area contributed by atoms with Gasteiger partial charge in [0, 0.05) is 16.0 Å². The van der Waals surface area contributed by atoms with E-state index in [1.165, 1.54) is 0 Å². The number of amides is 1. The van der Waals surface area contributed by atoms with Crippen molar-refractivity contribution in [3.8, 4) is 0 Å². The van der Waals surface area contributed by atoms with Gasteiger partial charge in [0.25, 0.3) is 0 Å². The van der Waals surface area contributed by atoms with E-state index >= 15 is 0 Å². The maximum Gasteiger partial charge on any atom is 0.225 e. The summed E-state index contributed by atoms with van der Waals surface area (Å²) in [7, 11) is 0. The van der Waals surface area contributed by atoms with Gasteiger partial charge in [-0.2, -0.15) is 0 Å². The lowest BCUT2D eigenvalue weighted by Gasteiger charge is -2.12. The molecule has 1 amide bonds. The van der Waals surface area contributed by atoms with Gasteiger partial charge in [-0.1, -0.05) is 19.1 Å². The molecule has 0 aliphatic heterocycles. The molecule has 1 unspecified atom stereocenters. The smallest absolute Gasteiger partial charge is 0.225 e. The molecule has 1 atom stereocenters. The Labute approximate surface area is 110 Å². The van der Waals surface area contributed by atoms with Gasteiger partial charge in [0.15, 0.2) is 0 Å². The Morgan fingerprint density at radius 3 is 2.75 bits per heavy atom. The molecule has 88 valence electrons. The summed E-state index contributed by atoms with van der Waals surface area (Å²) >= 11 is 2.21. The molecule has 0 saturated heterocycles. The molecule has 3 nitrogen and oxygen atoms in total. The van der Waals surface area contributed by atoms with Gasteiger partial charge in [-0.05, 0) is 48.2 Å². The van der Waals surface area contributed by atoms with Crippen LogP contribution in [0.5, 0.6) is 0 Å². The summed E-state index contributed by atoms with van der Waals surface area (Å²) in [5, 5.41) is 6.13. The first-order valence-corrected chi connectivity index (χ1v) is 6.49. The van der Waals surface area contributed by atoms with E-state index in [-0.39, 0.29) is 11.9 Å². The third kappa shape index (κ3) is 4.49. The zero-order valence-corrected chi connectivity index (χ0v) is 11.7. The minimum atomic E-state index is 0.0533. The molecule has 0 heterocycles. The van der Waals surface area contributed by atoms with Crippen LogP contribution in [-0.4, -0.2) is 18.5 Å². The van der Waals surface area contributed by atoms with Gasteiger partial charge in [-0.3, -0.25) is 4.79 Å². The first-order chi connectivity index (χ1) is 7.63. The molecule has 16 heavy (non-hydrogen) atoms. The molecule has 4 heteroatoms. The van der Waals surface area contributed by atoms with Crippen LogP contribution in [0.3, 0.4) is 0 Å². The second-order valence-corrected chi connectivity index (χ2v) is 4.85. The standard InChI is InChI=1S/C12H17IN2O/c1-3-14-9(2)8-12(16)15-11-7-5-4-6-10(11)13/h4-7,9,14H,3,8H2,1-2H3,(H,15,16). The Kier molecular flexibility index (Phi) is 5.76. The van der Waals surface area contributed by atoms with Crippen molar-refractivity contribution in [1.82, 2.24) is 5.32 Å². The van der Waals surface area contributed by atoms with Gasteiger partial charge in [-0.25, -0.2) is 0 Å². The quantitative estimate of drug-likeness (QED) is 0.814. The number of benzene rings is 1. The maximum atomic E-state index is 11.7. The van der Waals surface area contributed by atoms with Crippen molar-refractivity contribution in [2.45, 2.75) is 26.3 Å². The molecule has 0 radical (unpaired) electrons. The molecule has 0 aliphatic carbocycles. The molecule has 0 aliphatic rings. The fraction of sp³-hybridized carbons (Fsp3) is 0.417. The first kappa shape index (κ1) is 13.4. The second kappa shape index (κ2) is 6.85. The van der Waals surface area contributed by atoms with Gasteiger partial charge in [0.2, 0.25) is 5.91 Å². The largest absolute Gasteiger partial charge is 0.325 e. The third-order valence-corrected chi connectivity index (χ3v) is 3.13. The molecule has 1 aromatic rings. The zero-order chi connectivity index (χ0) is 12.0. The van der Waals surface area contributed by atoms with Gasteiger partial charge in [0.1, 0.15) is 0 Å². The Balaban J connectivity index is 2.49. The molecule has 0 saturated carbocycles. The van der Waals surface area contributed by atoms with Gasteiger partial charge in [-0.15, -0.1) is 0 Å². The Morgan fingerprint density at radius 1 is 1.44 bits per heavy atom. The predicted molar refractivity (Wildman–Crippen MR) is 75.5 cm³/mol. The summed E-state index contributed by atoms with van der Waals surface area (Å²) in [6.45, 7) is 4.94. The van der Waals surface area contributed by atoms with E-state index in [1.807, 2.05) is 38.1 Å². The van der Waals surface area contributed by atoms with Crippen LogP contribution in [0, 0.1) is 3.57 Å². The summed E-state index contributed by atoms with van der Waals surface area (Å²) in [6, 6.07) is 7.98. The van der Waals surface area contributed by atoms with Gasteiger partial charge in [0.05, 0.1) is 5.69 Å². The molecule has 2 N–H and O–H groups in total. The van der Waals surface area contributed by atoms with Crippen LogP contribution < -0.4 is 10.6 Å². The van der Waals surface area contributed by atoms with Crippen molar-refractivity contribution in [2.75, 3.05) is 11.9 Å². The number of para-hydroxylation sites is 1. The fourth-order valence-corrected chi connectivity index (χ4v) is 1.98. The highest BCUT2D eigenvalue weighted by atomic mass is 127. The van der Waals surface area contributed by atoms with Gasteiger partial charge >= 0.3 is 0 Å². The van der Waals surface area contributed by atoms with Crippen molar-refractivity contribution in [3.63, 3.8) is 0 Å². The number of carbonyl (C=O) groups is 1. The van der Waals surface area contributed by atoms with Crippen molar-refractivity contribution in [1.29, 1.82) is 0 Å². The second-order valence-electron chi connectivity index (χ2n) is 3.69. The van der Waals surface area contributed by atoms with E-state index in [0.29, 0.717) is 6.42 Å². The number of hydrogen-bond acceptors (Lipinski definition) is 2. The van der Waals surface area contributed by atoms with E-state index < -0.39 is 0 Å². The average Bonchev–Trinajstić information content (AvgIpc) is 2.21. The number of anilines is 1. The van der Waals surface area contributed by atoms with Crippen LogP contribution in [-0.2, 0) is 4.79 Å². The lowest BCUT2D eigenvalue weighted by molar-refractivity contribution is -0.116. The van der Waals surface area contributed by atoms with Crippen LogP contribution in [0.4, 0.5) is 5.69 Å². The van der Waals surface area contributed by atoms with Crippen molar-refractivity contribution >= 4 is 34.2 Å². The first-order valence-electron chi connectivity index (χ1n) is 5.41. The number of carbonyl (C=O) groups excluding carboxylic acids is 1. The highest BCUT2D eigenvalue weighted by Gasteiger charge is 2.09. The van der Waals surface area contributed by atoms with E-state index in [1.54, 1.807) is 0 Å². The van der Waals surface area contributed by atoms with Crippen molar-refractivity contribution in [3.05, 3.63) is 27.8 Å². The number of halogens is 1. The van der Waals surface area contributed by atoms with Crippen LogP contribution in [0.15, 0.2) is 24.3 Å². The summed E-state index contributed by atoms with van der Waals surface area (Å²) in [5.41, 5.74) is 0.886. The summed E-state index contributed by atoms with van der Waals surface area (Å²) in [6.07, 6.45) is 0.499. The summed E-state index contributed by atoms with van der Waals surface area (Å²) in [5.74, 6) is 0.0533. The number of hydrogen-bond donors (Lipinski definition) is 2. The van der Waals surface area contributed by atoms with Crippen LogP contribution in [0.1, 0.15) is 20.3 Å². The molecule has 1 aromatic carbocycles.